The second-order valence-corrected chi connectivity index (χ2v) is 6.83. The van der Waals surface area contributed by atoms with Gasteiger partial charge in [-0.05, 0) is 49.2 Å². The van der Waals surface area contributed by atoms with E-state index in [0.29, 0.717) is 5.82 Å². The molecule has 2 N–H and O–H groups in total. The number of hydrogen-bond donors (Lipinski definition) is 1. The number of nitrogen functional groups attached to an aromatic ring is 1. The molecule has 4 nitrogen and oxygen atoms in total. The molecule has 0 spiro atoms. The summed E-state index contributed by atoms with van der Waals surface area (Å²) < 4.78 is 3.06. The predicted molar refractivity (Wildman–Crippen MR) is 86.6 cm³/mol. The average molecular weight is 337 g/mol. The first-order valence-corrected chi connectivity index (χ1v) is 7.62. The van der Waals surface area contributed by atoms with Crippen molar-refractivity contribution in [3.8, 4) is 11.3 Å². The van der Waals surface area contributed by atoms with Crippen LogP contribution in [0.1, 0.15) is 39.9 Å². The number of halogens is 1. The zero-order chi connectivity index (χ0) is 14.9. The number of pyridine rings is 1. The lowest BCUT2D eigenvalue weighted by Crippen LogP contribution is -2.25. The molecule has 20 heavy (non-hydrogen) atoms. The van der Waals surface area contributed by atoms with Gasteiger partial charge in [0.2, 0.25) is 0 Å². The van der Waals surface area contributed by atoms with Gasteiger partial charge in [-0.2, -0.15) is 0 Å². The highest BCUT2D eigenvalue weighted by molar-refractivity contribution is 9.10. The Bertz CT molecular complexity index is 611. The minimum absolute atomic E-state index is 0.0840. The van der Waals surface area contributed by atoms with Crippen molar-refractivity contribution < 1.29 is 0 Å². The Morgan fingerprint density at radius 3 is 2.55 bits per heavy atom. The lowest BCUT2D eigenvalue weighted by molar-refractivity contribution is 0.387. The van der Waals surface area contributed by atoms with Gasteiger partial charge in [-0.25, -0.2) is 4.98 Å². The van der Waals surface area contributed by atoms with Crippen LogP contribution >= 0.6 is 15.9 Å². The van der Waals surface area contributed by atoms with Gasteiger partial charge in [0, 0.05) is 34.4 Å². The minimum atomic E-state index is -0.0840. The highest BCUT2D eigenvalue weighted by atomic mass is 79.9. The number of aromatic nitrogens is 3. The molecule has 108 valence electrons. The Labute approximate surface area is 128 Å². The Balaban J connectivity index is 2.61. The van der Waals surface area contributed by atoms with Crippen molar-refractivity contribution in [2.45, 2.75) is 46.1 Å². The summed E-state index contributed by atoms with van der Waals surface area (Å²) in [6.07, 6.45) is 5.52. The second-order valence-electron chi connectivity index (χ2n) is 5.91. The maximum Gasteiger partial charge on any atom is 0.132 e. The van der Waals surface area contributed by atoms with Crippen LogP contribution in [0.3, 0.4) is 0 Å². The number of imidazole rings is 1. The first kappa shape index (κ1) is 15.0. The fourth-order valence-corrected chi connectivity index (χ4v) is 2.74. The third-order valence-corrected chi connectivity index (χ3v) is 3.54. The number of rotatable bonds is 3. The third kappa shape index (κ3) is 2.87. The van der Waals surface area contributed by atoms with Gasteiger partial charge in [0.1, 0.15) is 17.3 Å². The number of nitrogens with zero attached hydrogens (tertiary/aromatic N) is 3. The van der Waals surface area contributed by atoms with E-state index in [2.05, 4.69) is 53.2 Å². The van der Waals surface area contributed by atoms with Crippen LogP contribution in [-0.2, 0) is 12.0 Å². The highest BCUT2D eigenvalue weighted by Crippen LogP contribution is 2.32. The molecular weight excluding hydrogens is 316 g/mol. The van der Waals surface area contributed by atoms with Gasteiger partial charge in [-0.3, -0.25) is 4.98 Å². The van der Waals surface area contributed by atoms with Crippen LogP contribution in [0.15, 0.2) is 22.9 Å². The van der Waals surface area contributed by atoms with Crippen LogP contribution in [0.2, 0.25) is 0 Å². The summed E-state index contributed by atoms with van der Waals surface area (Å²) in [4.78, 5) is 8.95. The quantitative estimate of drug-likeness (QED) is 0.921. The SMILES string of the molecule is CCCc1nc(-c2cncc(Br)c2)c(N)n1C(C)(C)C. The topological polar surface area (TPSA) is 56.7 Å². The zero-order valence-electron chi connectivity index (χ0n) is 12.4. The van der Waals surface area contributed by atoms with Gasteiger partial charge in [-0.1, -0.05) is 6.92 Å². The lowest BCUT2D eigenvalue weighted by atomic mass is 10.1. The average Bonchev–Trinajstić information content (AvgIpc) is 2.66. The summed E-state index contributed by atoms with van der Waals surface area (Å²) in [7, 11) is 0. The molecule has 0 fully saturated rings. The van der Waals surface area contributed by atoms with Crippen molar-refractivity contribution in [2.75, 3.05) is 5.73 Å². The van der Waals surface area contributed by atoms with Gasteiger partial charge in [-0.15, -0.1) is 0 Å². The van der Waals surface area contributed by atoms with E-state index in [1.165, 1.54) is 0 Å². The van der Waals surface area contributed by atoms with Crippen LogP contribution in [0.4, 0.5) is 5.82 Å². The summed E-state index contributed by atoms with van der Waals surface area (Å²) in [5.41, 5.74) is 8.03. The normalized spacial score (nSPS) is 11.8. The van der Waals surface area contributed by atoms with Gasteiger partial charge in [0.25, 0.3) is 0 Å². The Morgan fingerprint density at radius 2 is 2.00 bits per heavy atom. The highest BCUT2D eigenvalue weighted by Gasteiger charge is 2.24. The summed E-state index contributed by atoms with van der Waals surface area (Å²) in [5.74, 6) is 1.74. The van der Waals surface area contributed by atoms with Crippen LogP contribution in [0.25, 0.3) is 11.3 Å². The molecule has 5 heteroatoms. The van der Waals surface area contributed by atoms with E-state index in [1.807, 2.05) is 6.07 Å². The molecule has 0 amide bonds. The van der Waals surface area contributed by atoms with Crippen LogP contribution in [0, 0.1) is 0 Å². The van der Waals surface area contributed by atoms with Crippen molar-refractivity contribution >= 4 is 21.7 Å². The van der Waals surface area contributed by atoms with E-state index in [-0.39, 0.29) is 5.54 Å². The monoisotopic (exact) mass is 336 g/mol. The van der Waals surface area contributed by atoms with E-state index in [9.17, 15) is 0 Å². The number of anilines is 1. The molecule has 0 aliphatic rings. The summed E-state index contributed by atoms with van der Waals surface area (Å²) in [5, 5.41) is 0. The molecule has 2 aromatic heterocycles. The van der Waals surface area contributed by atoms with Crippen LogP contribution < -0.4 is 5.73 Å². The predicted octanol–water partition coefficient (Wildman–Crippen LogP) is 4.00. The van der Waals surface area contributed by atoms with E-state index in [0.717, 1.165) is 34.4 Å². The molecular formula is C15H21BrN4. The largest absolute Gasteiger partial charge is 0.383 e. The first-order valence-electron chi connectivity index (χ1n) is 6.83. The Hall–Kier alpha value is -1.36. The molecule has 0 saturated heterocycles. The fourth-order valence-electron chi connectivity index (χ4n) is 2.37. The van der Waals surface area contributed by atoms with Crippen molar-refractivity contribution in [1.29, 1.82) is 0 Å². The maximum atomic E-state index is 6.36. The molecule has 0 aliphatic carbocycles. The molecule has 2 rings (SSSR count). The van der Waals surface area contributed by atoms with Crippen molar-refractivity contribution in [3.63, 3.8) is 0 Å². The number of aryl methyl sites for hydroxylation is 1. The lowest BCUT2D eigenvalue weighted by Gasteiger charge is -2.25. The summed E-state index contributed by atoms with van der Waals surface area (Å²) in [6.45, 7) is 8.59. The number of hydrogen-bond acceptors (Lipinski definition) is 3. The minimum Gasteiger partial charge on any atom is -0.383 e. The van der Waals surface area contributed by atoms with Crippen molar-refractivity contribution in [1.82, 2.24) is 14.5 Å². The smallest absolute Gasteiger partial charge is 0.132 e. The molecule has 0 radical (unpaired) electrons. The van der Waals surface area contributed by atoms with Gasteiger partial charge in [0.15, 0.2) is 0 Å². The van der Waals surface area contributed by atoms with E-state index in [4.69, 9.17) is 10.7 Å². The molecule has 2 heterocycles. The van der Waals surface area contributed by atoms with Gasteiger partial charge < -0.3 is 10.3 Å². The molecule has 0 saturated carbocycles. The summed E-state index contributed by atoms with van der Waals surface area (Å²) >= 11 is 3.44. The summed E-state index contributed by atoms with van der Waals surface area (Å²) in [6, 6.07) is 1.99. The van der Waals surface area contributed by atoms with E-state index in [1.54, 1.807) is 12.4 Å². The standard InChI is InChI=1S/C15H21BrN4/c1-5-6-12-19-13(10-7-11(16)9-18-8-10)14(17)20(12)15(2,3)4/h7-9H,5-6,17H2,1-4H3. The van der Waals surface area contributed by atoms with Gasteiger partial charge >= 0.3 is 0 Å². The molecule has 0 aliphatic heterocycles. The molecule has 0 aromatic carbocycles. The van der Waals surface area contributed by atoms with Crippen molar-refractivity contribution in [3.05, 3.63) is 28.8 Å². The fraction of sp³-hybridized carbons (Fsp3) is 0.467. The van der Waals surface area contributed by atoms with Gasteiger partial charge in [0.05, 0.1) is 0 Å². The Morgan fingerprint density at radius 1 is 1.30 bits per heavy atom. The second kappa shape index (κ2) is 5.56. The van der Waals surface area contributed by atoms with Crippen LogP contribution in [0.5, 0.6) is 0 Å². The van der Waals surface area contributed by atoms with Crippen LogP contribution in [-0.4, -0.2) is 14.5 Å². The van der Waals surface area contributed by atoms with E-state index < -0.39 is 0 Å². The molecule has 0 bridgehead atoms. The third-order valence-electron chi connectivity index (χ3n) is 3.11. The maximum absolute atomic E-state index is 6.36. The van der Waals surface area contributed by atoms with E-state index >= 15 is 0 Å². The van der Waals surface area contributed by atoms with Crippen molar-refractivity contribution in [2.24, 2.45) is 0 Å². The Kier molecular flexibility index (Phi) is 4.18. The zero-order valence-corrected chi connectivity index (χ0v) is 14.0. The molecule has 0 atom stereocenters. The number of nitrogens with two attached hydrogens (primary N) is 1. The molecule has 0 unspecified atom stereocenters. The first-order chi connectivity index (χ1) is 9.34. The molecule has 2 aromatic rings.